The summed E-state index contributed by atoms with van der Waals surface area (Å²) in [6, 6.07) is 2.97. The maximum Gasteiger partial charge on any atom is 0.363 e. The van der Waals surface area contributed by atoms with Crippen LogP contribution in [0.25, 0.3) is 6.08 Å². The van der Waals surface area contributed by atoms with Gasteiger partial charge in [0.05, 0.1) is 0 Å². The van der Waals surface area contributed by atoms with Gasteiger partial charge >= 0.3 is 5.97 Å². The number of carbonyl (C=O) groups is 1. The van der Waals surface area contributed by atoms with Gasteiger partial charge in [0.25, 0.3) is 0 Å². The Morgan fingerprint density at radius 3 is 2.75 bits per heavy atom. The van der Waals surface area contributed by atoms with Gasteiger partial charge in [-0.15, -0.1) is 0 Å². The molecule has 0 spiro atoms. The molecule has 3 nitrogen and oxygen atoms in total. The van der Waals surface area contributed by atoms with Crippen LogP contribution >= 0.6 is 0 Å². The SMILES string of the molecule is CC1=N/C(=C/c2cc(F)ccc2F)C(=O)O1. The summed E-state index contributed by atoms with van der Waals surface area (Å²) in [7, 11) is 0. The molecule has 1 aromatic carbocycles. The smallest absolute Gasteiger partial charge is 0.363 e. The number of hydrogen-bond acceptors (Lipinski definition) is 3. The second-order valence-electron chi connectivity index (χ2n) is 3.22. The van der Waals surface area contributed by atoms with Gasteiger partial charge in [0.1, 0.15) is 11.6 Å². The van der Waals surface area contributed by atoms with Gasteiger partial charge in [-0.05, 0) is 24.3 Å². The summed E-state index contributed by atoms with van der Waals surface area (Å²) in [6.07, 6.45) is 1.15. The lowest BCUT2D eigenvalue weighted by Gasteiger charge is -1.97. The molecule has 0 aromatic heterocycles. The number of cyclic esters (lactones) is 1. The first-order chi connectivity index (χ1) is 7.56. The molecule has 0 bridgehead atoms. The Bertz CT molecular complexity index is 521. The first-order valence-electron chi connectivity index (χ1n) is 4.50. The van der Waals surface area contributed by atoms with E-state index >= 15 is 0 Å². The average Bonchev–Trinajstić information content (AvgIpc) is 2.51. The highest BCUT2D eigenvalue weighted by atomic mass is 19.1. The first kappa shape index (κ1) is 10.5. The van der Waals surface area contributed by atoms with E-state index in [9.17, 15) is 13.6 Å². The Hall–Kier alpha value is -2.04. The minimum absolute atomic E-state index is 0.0367. The average molecular weight is 223 g/mol. The quantitative estimate of drug-likeness (QED) is 0.541. The highest BCUT2D eigenvalue weighted by molar-refractivity contribution is 6.06. The molecule has 0 radical (unpaired) electrons. The van der Waals surface area contributed by atoms with Crippen molar-refractivity contribution >= 4 is 17.9 Å². The van der Waals surface area contributed by atoms with Gasteiger partial charge in [0.15, 0.2) is 11.6 Å². The molecule has 0 saturated heterocycles. The van der Waals surface area contributed by atoms with Gasteiger partial charge in [-0.25, -0.2) is 18.6 Å². The van der Waals surface area contributed by atoms with Crippen molar-refractivity contribution in [2.75, 3.05) is 0 Å². The number of aliphatic imine (C=N–C) groups is 1. The number of carbonyl (C=O) groups excluding carboxylic acids is 1. The molecule has 5 heteroatoms. The Morgan fingerprint density at radius 1 is 1.38 bits per heavy atom. The van der Waals surface area contributed by atoms with E-state index in [0.717, 1.165) is 24.3 Å². The molecule has 16 heavy (non-hydrogen) atoms. The normalized spacial score (nSPS) is 17.6. The highest BCUT2D eigenvalue weighted by Gasteiger charge is 2.20. The monoisotopic (exact) mass is 223 g/mol. The minimum Gasteiger partial charge on any atom is -0.407 e. The number of hydrogen-bond donors (Lipinski definition) is 0. The fourth-order valence-electron chi connectivity index (χ4n) is 1.29. The van der Waals surface area contributed by atoms with Crippen LogP contribution in [0.4, 0.5) is 8.78 Å². The predicted molar refractivity (Wildman–Crippen MR) is 53.5 cm³/mol. The van der Waals surface area contributed by atoms with Crippen LogP contribution in [0, 0.1) is 11.6 Å². The van der Waals surface area contributed by atoms with Crippen molar-refractivity contribution in [3.8, 4) is 0 Å². The third-order valence-electron chi connectivity index (χ3n) is 1.98. The topological polar surface area (TPSA) is 38.7 Å². The van der Waals surface area contributed by atoms with Crippen molar-refractivity contribution in [1.29, 1.82) is 0 Å². The van der Waals surface area contributed by atoms with E-state index in [2.05, 4.69) is 9.73 Å². The lowest BCUT2D eigenvalue weighted by molar-refractivity contribution is -0.130. The van der Waals surface area contributed by atoms with Crippen LogP contribution in [0.5, 0.6) is 0 Å². The summed E-state index contributed by atoms with van der Waals surface area (Å²) in [5.74, 6) is -1.68. The van der Waals surface area contributed by atoms with Crippen LogP contribution in [0.15, 0.2) is 28.9 Å². The molecule has 1 aromatic rings. The maximum absolute atomic E-state index is 13.2. The second kappa shape index (κ2) is 3.84. The number of rotatable bonds is 1. The van der Waals surface area contributed by atoms with E-state index in [4.69, 9.17) is 0 Å². The molecule has 1 heterocycles. The molecule has 0 unspecified atom stereocenters. The van der Waals surface area contributed by atoms with Crippen LogP contribution in [0.2, 0.25) is 0 Å². The molecule has 0 fully saturated rings. The summed E-state index contributed by atoms with van der Waals surface area (Å²) >= 11 is 0. The molecule has 0 saturated carbocycles. The summed E-state index contributed by atoms with van der Waals surface area (Å²) < 4.78 is 30.7. The van der Waals surface area contributed by atoms with Gasteiger partial charge in [0, 0.05) is 12.5 Å². The van der Waals surface area contributed by atoms with Gasteiger partial charge in [-0.3, -0.25) is 0 Å². The number of benzene rings is 1. The van der Waals surface area contributed by atoms with Crippen LogP contribution in [0.3, 0.4) is 0 Å². The number of nitrogens with zero attached hydrogens (tertiary/aromatic N) is 1. The van der Waals surface area contributed by atoms with Crippen molar-refractivity contribution in [3.63, 3.8) is 0 Å². The van der Waals surface area contributed by atoms with E-state index in [-0.39, 0.29) is 17.2 Å². The molecule has 2 rings (SSSR count). The summed E-state index contributed by atoms with van der Waals surface area (Å²) in [6.45, 7) is 1.50. The molecule has 0 N–H and O–H groups in total. The summed E-state index contributed by atoms with van der Waals surface area (Å²) in [5.41, 5.74) is -0.0765. The molecular weight excluding hydrogens is 216 g/mol. The van der Waals surface area contributed by atoms with E-state index in [0.29, 0.717) is 0 Å². The molecule has 82 valence electrons. The molecule has 0 aliphatic carbocycles. The zero-order valence-corrected chi connectivity index (χ0v) is 8.33. The minimum atomic E-state index is -0.666. The number of halogens is 2. The predicted octanol–water partition coefficient (Wildman–Crippen LogP) is 2.28. The lowest BCUT2D eigenvalue weighted by atomic mass is 10.2. The van der Waals surface area contributed by atoms with Gasteiger partial charge in [-0.1, -0.05) is 0 Å². The van der Waals surface area contributed by atoms with Crippen LogP contribution in [-0.2, 0) is 9.53 Å². The Balaban J connectivity index is 2.43. The Labute approximate surface area is 90.1 Å². The van der Waals surface area contributed by atoms with E-state index < -0.39 is 17.6 Å². The second-order valence-corrected chi connectivity index (χ2v) is 3.22. The largest absolute Gasteiger partial charge is 0.407 e. The number of ether oxygens (including phenoxy) is 1. The van der Waals surface area contributed by atoms with E-state index in [1.54, 1.807) is 0 Å². The third kappa shape index (κ3) is 1.98. The molecular formula is C11H7F2NO2. The first-order valence-corrected chi connectivity index (χ1v) is 4.50. The van der Waals surface area contributed by atoms with Gasteiger partial charge in [-0.2, -0.15) is 0 Å². The zero-order chi connectivity index (χ0) is 11.7. The molecule has 0 amide bonds. The Kier molecular flexibility index (Phi) is 2.52. The Morgan fingerprint density at radius 2 is 2.12 bits per heavy atom. The molecule has 1 aliphatic heterocycles. The highest BCUT2D eigenvalue weighted by Crippen LogP contribution is 2.18. The fourth-order valence-corrected chi connectivity index (χ4v) is 1.29. The standard InChI is InChI=1S/C11H7F2NO2/c1-6-14-10(11(15)16-6)5-7-4-8(12)2-3-9(7)13/h2-5H,1H3/b10-5+. The van der Waals surface area contributed by atoms with Crippen LogP contribution in [-0.4, -0.2) is 11.9 Å². The van der Waals surface area contributed by atoms with Crippen LogP contribution in [0.1, 0.15) is 12.5 Å². The zero-order valence-electron chi connectivity index (χ0n) is 8.33. The fraction of sp³-hybridized carbons (Fsp3) is 0.0909. The molecule has 1 aliphatic rings. The van der Waals surface area contributed by atoms with Crippen molar-refractivity contribution < 1.29 is 18.3 Å². The van der Waals surface area contributed by atoms with E-state index in [1.807, 2.05) is 0 Å². The van der Waals surface area contributed by atoms with Crippen molar-refractivity contribution in [3.05, 3.63) is 41.1 Å². The molecule has 0 atom stereocenters. The van der Waals surface area contributed by atoms with Crippen molar-refractivity contribution in [2.45, 2.75) is 6.92 Å². The van der Waals surface area contributed by atoms with Gasteiger partial charge in [0.2, 0.25) is 0 Å². The van der Waals surface area contributed by atoms with Gasteiger partial charge < -0.3 is 4.74 Å². The van der Waals surface area contributed by atoms with E-state index in [1.165, 1.54) is 6.92 Å². The maximum atomic E-state index is 13.2. The lowest BCUT2D eigenvalue weighted by Crippen LogP contribution is -2.00. The van der Waals surface area contributed by atoms with Crippen LogP contribution < -0.4 is 0 Å². The van der Waals surface area contributed by atoms with Crippen molar-refractivity contribution in [2.24, 2.45) is 4.99 Å². The summed E-state index contributed by atoms with van der Waals surface area (Å²) in [5, 5.41) is 0. The third-order valence-corrected chi connectivity index (χ3v) is 1.98. The number of esters is 1. The van der Waals surface area contributed by atoms with Crippen molar-refractivity contribution in [1.82, 2.24) is 0 Å². The summed E-state index contributed by atoms with van der Waals surface area (Å²) in [4.78, 5) is 14.9.